The minimum absolute atomic E-state index is 0.247. The maximum atomic E-state index is 12.1. The van der Waals surface area contributed by atoms with Gasteiger partial charge in [0.25, 0.3) is 0 Å². The first kappa shape index (κ1) is 27.4. The number of hydrogen-bond donors (Lipinski definition) is 2. The van der Waals surface area contributed by atoms with Gasteiger partial charge in [0.1, 0.15) is 0 Å². The number of carbonyl (C=O) groups is 2. The lowest BCUT2D eigenvalue weighted by Crippen LogP contribution is -2.47. The van der Waals surface area contributed by atoms with E-state index in [4.69, 9.17) is 0 Å². The molecule has 3 fully saturated rings. The number of piperazine rings is 1. The molecule has 196 valence electrons. The van der Waals surface area contributed by atoms with E-state index in [2.05, 4.69) is 20.4 Å². The molecule has 34 heavy (non-hydrogen) atoms. The van der Waals surface area contributed by atoms with Gasteiger partial charge in [-0.25, -0.2) is 0 Å². The zero-order valence-electron chi connectivity index (χ0n) is 21.8. The average Bonchev–Trinajstić information content (AvgIpc) is 2.88. The highest BCUT2D eigenvalue weighted by atomic mass is 16.2. The van der Waals surface area contributed by atoms with Gasteiger partial charge < -0.3 is 20.4 Å². The largest absolute Gasteiger partial charge is 0.356 e. The van der Waals surface area contributed by atoms with Crippen LogP contribution in [-0.2, 0) is 9.59 Å². The number of amides is 2. The van der Waals surface area contributed by atoms with Crippen LogP contribution in [0.1, 0.15) is 103 Å². The van der Waals surface area contributed by atoms with Crippen molar-refractivity contribution in [1.82, 2.24) is 20.4 Å². The Bertz CT molecular complexity index is 515. The number of hydrogen-bond acceptors (Lipinski definition) is 4. The lowest BCUT2D eigenvalue weighted by molar-refractivity contribution is -0.122. The fraction of sp³-hybridized carbons (Fsp3) is 0.929. The number of carbonyl (C=O) groups excluding carboxylic acids is 2. The first-order valence-electron chi connectivity index (χ1n) is 14.7. The van der Waals surface area contributed by atoms with E-state index >= 15 is 0 Å². The van der Waals surface area contributed by atoms with Crippen molar-refractivity contribution in [2.45, 2.75) is 103 Å². The monoisotopic (exact) mass is 476 g/mol. The maximum absolute atomic E-state index is 12.1. The van der Waals surface area contributed by atoms with Crippen molar-refractivity contribution in [1.29, 1.82) is 0 Å². The lowest BCUT2D eigenvalue weighted by Gasteiger charge is -2.34. The number of rotatable bonds is 14. The summed E-state index contributed by atoms with van der Waals surface area (Å²) in [7, 11) is 0. The summed E-state index contributed by atoms with van der Waals surface area (Å²) in [4.78, 5) is 29.2. The molecule has 0 atom stereocenters. The minimum Gasteiger partial charge on any atom is -0.356 e. The SMILES string of the molecule is O=C(CCC1CCCCC1)NCCCN1CCN(CCCNC(=O)CCC2CCCCC2)CC1. The molecule has 1 heterocycles. The molecule has 2 saturated carbocycles. The van der Waals surface area contributed by atoms with Crippen molar-refractivity contribution in [2.75, 3.05) is 52.4 Å². The van der Waals surface area contributed by atoms with Gasteiger partial charge in [-0.3, -0.25) is 9.59 Å². The molecule has 0 aromatic heterocycles. The smallest absolute Gasteiger partial charge is 0.220 e. The highest BCUT2D eigenvalue weighted by molar-refractivity contribution is 5.76. The Morgan fingerprint density at radius 3 is 1.35 bits per heavy atom. The molecule has 6 nitrogen and oxygen atoms in total. The second-order valence-electron chi connectivity index (χ2n) is 11.2. The summed E-state index contributed by atoms with van der Waals surface area (Å²) in [5.41, 5.74) is 0. The quantitative estimate of drug-likeness (QED) is 0.366. The summed E-state index contributed by atoms with van der Waals surface area (Å²) in [6.07, 6.45) is 19.2. The van der Waals surface area contributed by atoms with Crippen LogP contribution in [-0.4, -0.2) is 74.0 Å². The number of nitrogens with zero attached hydrogens (tertiary/aromatic N) is 2. The first-order chi connectivity index (χ1) is 16.7. The van der Waals surface area contributed by atoms with Crippen molar-refractivity contribution in [2.24, 2.45) is 11.8 Å². The molecular formula is C28H52N4O2. The predicted molar refractivity (Wildman–Crippen MR) is 140 cm³/mol. The van der Waals surface area contributed by atoms with Crippen molar-refractivity contribution in [3.05, 3.63) is 0 Å². The lowest BCUT2D eigenvalue weighted by atomic mass is 9.86. The Morgan fingerprint density at radius 2 is 0.971 bits per heavy atom. The van der Waals surface area contributed by atoms with E-state index in [0.717, 1.165) is 89.9 Å². The van der Waals surface area contributed by atoms with Gasteiger partial charge in [0, 0.05) is 52.1 Å². The molecule has 0 radical (unpaired) electrons. The summed E-state index contributed by atoms with van der Waals surface area (Å²) in [6, 6.07) is 0. The van der Waals surface area contributed by atoms with Crippen molar-refractivity contribution in [3.8, 4) is 0 Å². The summed E-state index contributed by atoms with van der Waals surface area (Å²) in [5, 5.41) is 6.26. The number of nitrogens with one attached hydrogen (secondary N) is 2. The molecule has 6 heteroatoms. The Kier molecular flexibility index (Phi) is 13.3. The van der Waals surface area contributed by atoms with Gasteiger partial charge in [0.15, 0.2) is 0 Å². The van der Waals surface area contributed by atoms with Crippen molar-refractivity contribution in [3.63, 3.8) is 0 Å². The molecule has 0 spiro atoms. The van der Waals surface area contributed by atoms with Gasteiger partial charge >= 0.3 is 0 Å². The third-order valence-corrected chi connectivity index (χ3v) is 8.42. The summed E-state index contributed by atoms with van der Waals surface area (Å²) < 4.78 is 0. The molecule has 2 aliphatic carbocycles. The Balaban J connectivity index is 1.11. The van der Waals surface area contributed by atoms with Crippen molar-refractivity contribution >= 4 is 11.8 Å². The maximum Gasteiger partial charge on any atom is 0.220 e. The molecule has 3 aliphatic rings. The first-order valence-corrected chi connectivity index (χ1v) is 14.7. The fourth-order valence-corrected chi connectivity index (χ4v) is 6.10. The van der Waals surface area contributed by atoms with Gasteiger partial charge in [0.2, 0.25) is 11.8 Å². The fourth-order valence-electron chi connectivity index (χ4n) is 6.10. The van der Waals surface area contributed by atoms with Gasteiger partial charge in [-0.15, -0.1) is 0 Å². The Morgan fingerprint density at radius 1 is 0.588 bits per heavy atom. The van der Waals surface area contributed by atoms with Crippen molar-refractivity contribution < 1.29 is 9.59 Å². The molecule has 1 aliphatic heterocycles. The predicted octanol–water partition coefficient (Wildman–Crippen LogP) is 4.34. The molecule has 2 N–H and O–H groups in total. The van der Waals surface area contributed by atoms with Gasteiger partial charge in [-0.2, -0.15) is 0 Å². The molecule has 0 aromatic carbocycles. The van der Waals surface area contributed by atoms with Crippen LogP contribution in [0.25, 0.3) is 0 Å². The van der Waals surface area contributed by atoms with E-state index in [1.54, 1.807) is 0 Å². The van der Waals surface area contributed by atoms with Gasteiger partial charge in [0.05, 0.1) is 0 Å². The van der Waals surface area contributed by atoms with E-state index in [1.807, 2.05) is 0 Å². The molecule has 1 saturated heterocycles. The molecular weight excluding hydrogens is 424 g/mol. The zero-order chi connectivity index (χ0) is 23.8. The highest BCUT2D eigenvalue weighted by Crippen LogP contribution is 2.27. The third-order valence-electron chi connectivity index (χ3n) is 8.42. The molecule has 0 aromatic rings. The van der Waals surface area contributed by atoms with E-state index in [1.165, 1.54) is 64.2 Å². The standard InChI is InChI=1S/C28H52N4O2/c33-27(15-13-25-9-3-1-4-10-25)29-17-7-19-31-21-23-32(24-22-31)20-8-18-30-28(34)16-14-26-11-5-2-6-12-26/h25-26H,1-24H2,(H,29,33)(H,30,34). The highest BCUT2D eigenvalue weighted by Gasteiger charge is 2.18. The average molecular weight is 477 g/mol. The van der Waals surface area contributed by atoms with Gasteiger partial charge in [-0.1, -0.05) is 64.2 Å². The summed E-state index contributed by atoms with van der Waals surface area (Å²) in [5.74, 6) is 2.07. The van der Waals surface area contributed by atoms with Gasteiger partial charge in [-0.05, 0) is 50.6 Å². The zero-order valence-corrected chi connectivity index (χ0v) is 21.8. The van der Waals surface area contributed by atoms with E-state index in [9.17, 15) is 9.59 Å². The molecule has 0 bridgehead atoms. The molecule has 3 rings (SSSR count). The van der Waals surface area contributed by atoms with Crippen LogP contribution in [0, 0.1) is 11.8 Å². The van der Waals surface area contributed by atoms with Crippen LogP contribution in [0.2, 0.25) is 0 Å². The second-order valence-corrected chi connectivity index (χ2v) is 11.2. The topological polar surface area (TPSA) is 64.7 Å². The van der Waals surface area contributed by atoms with E-state index in [0.29, 0.717) is 12.8 Å². The normalized spacial score (nSPS) is 21.4. The molecule has 2 amide bonds. The van der Waals surface area contributed by atoms with Crippen LogP contribution in [0.4, 0.5) is 0 Å². The van der Waals surface area contributed by atoms with Crippen LogP contribution >= 0.6 is 0 Å². The Labute approximate surface area is 209 Å². The van der Waals surface area contributed by atoms with E-state index < -0.39 is 0 Å². The van der Waals surface area contributed by atoms with Crippen LogP contribution in [0.15, 0.2) is 0 Å². The van der Waals surface area contributed by atoms with Crippen LogP contribution in [0.5, 0.6) is 0 Å². The summed E-state index contributed by atoms with van der Waals surface area (Å²) >= 11 is 0. The third kappa shape index (κ3) is 11.5. The minimum atomic E-state index is 0.247. The summed E-state index contributed by atoms with van der Waals surface area (Å²) in [6.45, 7) is 8.23. The van der Waals surface area contributed by atoms with Crippen LogP contribution in [0.3, 0.4) is 0 Å². The van der Waals surface area contributed by atoms with E-state index in [-0.39, 0.29) is 11.8 Å². The molecule has 0 unspecified atom stereocenters. The second kappa shape index (κ2) is 16.5. The Hall–Kier alpha value is -1.14. The van der Waals surface area contributed by atoms with Crippen LogP contribution < -0.4 is 10.6 Å².